The van der Waals surface area contributed by atoms with Crippen LogP contribution >= 0.6 is 0 Å². The van der Waals surface area contributed by atoms with Crippen LogP contribution in [0.25, 0.3) is 0 Å². The maximum absolute atomic E-state index is 10.5. The van der Waals surface area contributed by atoms with Gasteiger partial charge in [-0.3, -0.25) is 0 Å². The summed E-state index contributed by atoms with van der Waals surface area (Å²) in [5, 5.41) is 10.5. The summed E-state index contributed by atoms with van der Waals surface area (Å²) in [4.78, 5) is 0. The highest BCUT2D eigenvalue weighted by Crippen LogP contribution is 2.40. The summed E-state index contributed by atoms with van der Waals surface area (Å²) in [6.45, 7) is 14.6. The van der Waals surface area contributed by atoms with Gasteiger partial charge in [0.15, 0.2) is 0 Å². The van der Waals surface area contributed by atoms with Gasteiger partial charge in [0.25, 0.3) is 0 Å². The summed E-state index contributed by atoms with van der Waals surface area (Å²) in [5.74, 6) is 0.416. The Hall–Kier alpha value is -1.02. The average Bonchev–Trinajstić information content (AvgIpc) is 2.13. The lowest BCUT2D eigenvalue weighted by molar-refractivity contribution is 0.422. The number of rotatable bonds is 1. The Balaban J connectivity index is 3.59. The molecule has 2 heteroatoms. The van der Waals surface area contributed by atoms with Crippen LogP contribution in [0, 0.1) is 0 Å². The molecule has 0 heterocycles. The van der Waals surface area contributed by atoms with Crippen molar-refractivity contribution in [3.05, 3.63) is 28.8 Å². The van der Waals surface area contributed by atoms with E-state index in [0.29, 0.717) is 5.75 Å². The van der Waals surface area contributed by atoms with E-state index in [2.05, 4.69) is 41.5 Å². The van der Waals surface area contributed by atoms with E-state index < -0.39 is 0 Å². The van der Waals surface area contributed by atoms with Gasteiger partial charge in [0.05, 0.1) is 0 Å². The van der Waals surface area contributed by atoms with Crippen molar-refractivity contribution in [2.75, 3.05) is 0 Å². The Bertz CT molecular complexity index is 398. The third-order valence-electron chi connectivity index (χ3n) is 3.27. The van der Waals surface area contributed by atoms with Crippen LogP contribution < -0.4 is 5.73 Å². The predicted octanol–water partition coefficient (Wildman–Crippen LogP) is 4.01. The van der Waals surface area contributed by atoms with Gasteiger partial charge in [-0.05, 0) is 34.4 Å². The van der Waals surface area contributed by atoms with E-state index in [1.165, 1.54) is 0 Å². The molecule has 0 fully saturated rings. The fourth-order valence-corrected chi connectivity index (χ4v) is 2.06. The van der Waals surface area contributed by atoms with Crippen molar-refractivity contribution in [1.82, 2.24) is 0 Å². The van der Waals surface area contributed by atoms with Crippen molar-refractivity contribution in [2.24, 2.45) is 5.73 Å². The van der Waals surface area contributed by atoms with Crippen LogP contribution in [0.5, 0.6) is 5.75 Å². The third kappa shape index (κ3) is 3.05. The molecular weight excluding hydrogens is 222 g/mol. The maximum Gasteiger partial charge on any atom is 0.123 e. The molecule has 2 nitrogen and oxygen atoms in total. The largest absolute Gasteiger partial charge is 0.507 e. The number of phenols is 1. The van der Waals surface area contributed by atoms with Crippen molar-refractivity contribution < 1.29 is 5.11 Å². The van der Waals surface area contributed by atoms with Crippen molar-refractivity contribution in [3.63, 3.8) is 0 Å². The molecule has 1 aromatic carbocycles. The van der Waals surface area contributed by atoms with Crippen molar-refractivity contribution in [1.29, 1.82) is 0 Å². The topological polar surface area (TPSA) is 46.2 Å². The first-order chi connectivity index (χ1) is 7.94. The highest BCUT2D eigenvalue weighted by Gasteiger charge is 2.26. The molecule has 0 amide bonds. The summed E-state index contributed by atoms with van der Waals surface area (Å²) < 4.78 is 0. The van der Waals surface area contributed by atoms with Crippen LogP contribution in [-0.4, -0.2) is 5.11 Å². The highest BCUT2D eigenvalue weighted by atomic mass is 16.3. The van der Waals surface area contributed by atoms with E-state index >= 15 is 0 Å². The van der Waals surface area contributed by atoms with Crippen LogP contribution in [-0.2, 0) is 10.8 Å². The summed E-state index contributed by atoms with van der Waals surface area (Å²) >= 11 is 0. The summed E-state index contributed by atoms with van der Waals surface area (Å²) in [7, 11) is 0. The molecule has 0 saturated carbocycles. The zero-order valence-electron chi connectivity index (χ0n) is 12.8. The second kappa shape index (κ2) is 4.58. The van der Waals surface area contributed by atoms with E-state index in [-0.39, 0.29) is 16.9 Å². The molecule has 0 aliphatic heterocycles. The van der Waals surface area contributed by atoms with E-state index in [1.807, 2.05) is 19.1 Å². The van der Waals surface area contributed by atoms with E-state index in [0.717, 1.165) is 16.7 Å². The molecule has 0 bridgehead atoms. The van der Waals surface area contributed by atoms with Crippen LogP contribution in [0.15, 0.2) is 12.1 Å². The molecule has 102 valence electrons. The molecule has 0 unspecified atom stereocenters. The number of hydrogen-bond donors (Lipinski definition) is 2. The molecule has 0 radical (unpaired) electrons. The minimum Gasteiger partial charge on any atom is -0.507 e. The number of nitrogens with two attached hydrogens (primary N) is 1. The van der Waals surface area contributed by atoms with Gasteiger partial charge >= 0.3 is 0 Å². The SMILES string of the molecule is C[C@@H](N)c1cc(C(C)(C)C)c(O)c(C(C)(C)C)c1. The smallest absolute Gasteiger partial charge is 0.123 e. The van der Waals surface area contributed by atoms with Crippen LogP contribution in [0.2, 0.25) is 0 Å². The first-order valence-electron chi connectivity index (χ1n) is 6.58. The van der Waals surface area contributed by atoms with Crippen LogP contribution in [0.3, 0.4) is 0 Å². The Morgan fingerprint density at radius 2 is 1.28 bits per heavy atom. The first kappa shape index (κ1) is 15.0. The summed E-state index contributed by atoms with van der Waals surface area (Å²) in [6, 6.07) is 4.05. The summed E-state index contributed by atoms with van der Waals surface area (Å²) in [5.41, 5.74) is 8.86. The molecule has 1 rings (SSSR count). The number of hydrogen-bond acceptors (Lipinski definition) is 2. The van der Waals surface area contributed by atoms with Gasteiger partial charge in [0.1, 0.15) is 5.75 Å². The monoisotopic (exact) mass is 249 g/mol. The van der Waals surface area contributed by atoms with Gasteiger partial charge in [-0.15, -0.1) is 0 Å². The Labute approximate surface area is 111 Å². The zero-order chi connectivity index (χ0) is 14.3. The van der Waals surface area contributed by atoms with E-state index in [4.69, 9.17) is 5.73 Å². The second-order valence-corrected chi connectivity index (χ2v) is 7.25. The van der Waals surface area contributed by atoms with E-state index in [1.54, 1.807) is 0 Å². The normalized spacial score (nSPS) is 14.7. The minimum atomic E-state index is -0.0883. The second-order valence-electron chi connectivity index (χ2n) is 7.25. The molecule has 0 saturated heterocycles. The molecule has 0 aromatic heterocycles. The Kier molecular flexibility index (Phi) is 3.83. The van der Waals surface area contributed by atoms with Crippen molar-refractivity contribution >= 4 is 0 Å². The molecule has 3 N–H and O–H groups in total. The van der Waals surface area contributed by atoms with Crippen LogP contribution in [0.1, 0.15) is 71.2 Å². The van der Waals surface area contributed by atoms with E-state index in [9.17, 15) is 5.11 Å². The molecule has 0 aliphatic carbocycles. The number of aromatic hydroxyl groups is 1. The lowest BCUT2D eigenvalue weighted by atomic mass is 9.78. The molecule has 18 heavy (non-hydrogen) atoms. The fourth-order valence-electron chi connectivity index (χ4n) is 2.06. The van der Waals surface area contributed by atoms with Gasteiger partial charge in [-0.1, -0.05) is 53.7 Å². The molecule has 1 atom stereocenters. The fraction of sp³-hybridized carbons (Fsp3) is 0.625. The number of phenolic OH excluding ortho intramolecular Hbond substituents is 1. The van der Waals surface area contributed by atoms with Crippen molar-refractivity contribution in [2.45, 2.75) is 65.3 Å². The Morgan fingerprint density at radius 3 is 1.50 bits per heavy atom. The first-order valence-corrected chi connectivity index (χ1v) is 6.58. The lowest BCUT2D eigenvalue weighted by Crippen LogP contribution is -2.19. The van der Waals surface area contributed by atoms with Gasteiger partial charge < -0.3 is 10.8 Å². The molecular formula is C16H27NO. The average molecular weight is 249 g/mol. The zero-order valence-corrected chi connectivity index (χ0v) is 12.8. The Morgan fingerprint density at radius 1 is 0.944 bits per heavy atom. The summed E-state index contributed by atoms with van der Waals surface area (Å²) in [6.07, 6.45) is 0. The van der Waals surface area contributed by atoms with Crippen molar-refractivity contribution in [3.8, 4) is 5.75 Å². The number of benzene rings is 1. The van der Waals surface area contributed by atoms with Gasteiger partial charge in [-0.2, -0.15) is 0 Å². The molecule has 0 aliphatic rings. The lowest BCUT2D eigenvalue weighted by Gasteiger charge is -2.28. The minimum absolute atomic E-state index is 0.0206. The third-order valence-corrected chi connectivity index (χ3v) is 3.27. The van der Waals surface area contributed by atoms with Gasteiger partial charge in [-0.25, -0.2) is 0 Å². The highest BCUT2D eigenvalue weighted by molar-refractivity contribution is 5.50. The van der Waals surface area contributed by atoms with Gasteiger partial charge in [0, 0.05) is 6.04 Å². The van der Waals surface area contributed by atoms with Crippen LogP contribution in [0.4, 0.5) is 0 Å². The molecule has 0 spiro atoms. The quantitative estimate of drug-likeness (QED) is 0.790. The maximum atomic E-state index is 10.5. The predicted molar refractivity (Wildman–Crippen MR) is 78.1 cm³/mol. The van der Waals surface area contributed by atoms with Gasteiger partial charge in [0.2, 0.25) is 0 Å². The molecule has 1 aromatic rings. The standard InChI is InChI=1S/C16H27NO/c1-10(17)11-8-12(15(2,3)4)14(18)13(9-11)16(5,6)7/h8-10,18H,17H2,1-7H3/t10-/m1/s1.